The van der Waals surface area contributed by atoms with Gasteiger partial charge in [0.05, 0.1) is 11.1 Å². The lowest BCUT2D eigenvalue weighted by molar-refractivity contribution is 0.430. The van der Waals surface area contributed by atoms with Crippen molar-refractivity contribution in [1.82, 2.24) is 19.9 Å². The van der Waals surface area contributed by atoms with Crippen molar-refractivity contribution in [2.75, 3.05) is 0 Å². The van der Waals surface area contributed by atoms with Crippen LogP contribution in [-0.4, -0.2) is 19.9 Å². The van der Waals surface area contributed by atoms with E-state index in [2.05, 4.69) is 31.2 Å². The lowest BCUT2D eigenvalue weighted by Crippen LogP contribution is -2.22. The second-order valence-corrected chi connectivity index (χ2v) is 8.14. The van der Waals surface area contributed by atoms with Crippen LogP contribution in [0.2, 0.25) is 0 Å². The molecule has 0 aliphatic carbocycles. The summed E-state index contributed by atoms with van der Waals surface area (Å²) in [5.41, 5.74) is 3.98. The molecule has 0 aliphatic heterocycles. The highest BCUT2D eigenvalue weighted by Gasteiger charge is 2.19. The average Bonchev–Trinajstić information content (AvgIpc) is 3.26. The van der Waals surface area contributed by atoms with Gasteiger partial charge in [0.25, 0.3) is 11.4 Å². The number of aryl methyl sites for hydroxylation is 2. The van der Waals surface area contributed by atoms with Crippen molar-refractivity contribution in [3.8, 4) is 28.7 Å². The van der Waals surface area contributed by atoms with Crippen molar-refractivity contribution < 1.29 is 4.52 Å². The minimum Gasteiger partial charge on any atom is -0.332 e. The maximum absolute atomic E-state index is 13.2. The molecule has 2 heterocycles. The van der Waals surface area contributed by atoms with Crippen LogP contribution in [0.5, 0.6) is 0 Å². The Kier molecular flexibility index (Phi) is 4.75. The third-order valence-electron chi connectivity index (χ3n) is 5.28. The topological polar surface area (TPSA) is 73.8 Å². The van der Waals surface area contributed by atoms with E-state index in [0.717, 1.165) is 21.2 Å². The predicted molar refractivity (Wildman–Crippen MR) is 123 cm³/mol. The number of halogens is 1. The van der Waals surface area contributed by atoms with Gasteiger partial charge in [0.15, 0.2) is 5.69 Å². The van der Waals surface area contributed by atoms with E-state index in [-0.39, 0.29) is 11.4 Å². The highest BCUT2D eigenvalue weighted by Crippen LogP contribution is 2.29. The molecule has 0 saturated heterocycles. The molecule has 31 heavy (non-hydrogen) atoms. The molecule has 0 fully saturated rings. The molecule has 6 nitrogen and oxygen atoms in total. The lowest BCUT2D eigenvalue weighted by atomic mass is 10.1. The van der Waals surface area contributed by atoms with Crippen LogP contribution in [0.1, 0.15) is 11.1 Å². The molecular formula is C24H17BrN4O2. The SMILES string of the molecule is Cc1ccc(-n2nc(-c3nc(-c4ccccc4Br)no3)c3ccccc3c2=O)cc1C. The second-order valence-electron chi connectivity index (χ2n) is 7.28. The van der Waals surface area contributed by atoms with Crippen molar-refractivity contribution in [2.45, 2.75) is 13.8 Å². The molecule has 2 aromatic heterocycles. The van der Waals surface area contributed by atoms with Gasteiger partial charge in [-0.05, 0) is 55.3 Å². The van der Waals surface area contributed by atoms with Crippen LogP contribution in [0.15, 0.2) is 80.5 Å². The van der Waals surface area contributed by atoms with Crippen LogP contribution >= 0.6 is 15.9 Å². The summed E-state index contributed by atoms with van der Waals surface area (Å²) in [7, 11) is 0. The molecule has 0 amide bonds. The number of fused-ring (bicyclic) bond motifs is 1. The summed E-state index contributed by atoms with van der Waals surface area (Å²) in [5, 5.41) is 9.97. The maximum Gasteiger partial charge on any atom is 0.279 e. The van der Waals surface area contributed by atoms with E-state index in [0.29, 0.717) is 28.0 Å². The van der Waals surface area contributed by atoms with E-state index >= 15 is 0 Å². The first-order valence-electron chi connectivity index (χ1n) is 9.71. The zero-order valence-electron chi connectivity index (χ0n) is 16.8. The normalized spacial score (nSPS) is 11.2. The van der Waals surface area contributed by atoms with Crippen LogP contribution in [-0.2, 0) is 0 Å². The summed E-state index contributed by atoms with van der Waals surface area (Å²) < 4.78 is 7.84. The van der Waals surface area contributed by atoms with Gasteiger partial charge in [-0.1, -0.05) is 57.5 Å². The minimum atomic E-state index is -0.201. The summed E-state index contributed by atoms with van der Waals surface area (Å²) in [6.45, 7) is 4.04. The van der Waals surface area contributed by atoms with Gasteiger partial charge in [0, 0.05) is 15.4 Å². The Hall–Kier alpha value is -3.58. The van der Waals surface area contributed by atoms with E-state index in [1.54, 1.807) is 6.07 Å². The zero-order valence-corrected chi connectivity index (χ0v) is 18.4. The second kappa shape index (κ2) is 7.59. The van der Waals surface area contributed by atoms with E-state index in [9.17, 15) is 4.79 Å². The molecule has 0 atom stereocenters. The number of hydrogen-bond acceptors (Lipinski definition) is 5. The molecule has 0 aliphatic rings. The molecule has 0 saturated carbocycles. The van der Waals surface area contributed by atoms with Crippen molar-refractivity contribution in [2.24, 2.45) is 0 Å². The summed E-state index contributed by atoms with van der Waals surface area (Å²) >= 11 is 3.52. The Morgan fingerprint density at radius 2 is 1.65 bits per heavy atom. The molecule has 3 aromatic carbocycles. The largest absolute Gasteiger partial charge is 0.332 e. The summed E-state index contributed by atoms with van der Waals surface area (Å²) in [6.07, 6.45) is 0. The molecule has 5 rings (SSSR count). The molecule has 7 heteroatoms. The smallest absolute Gasteiger partial charge is 0.279 e. The molecule has 0 unspecified atom stereocenters. The van der Waals surface area contributed by atoms with Crippen LogP contribution in [0.3, 0.4) is 0 Å². The standard InChI is InChI=1S/C24H17BrN4O2/c1-14-11-12-16(13-15(14)2)29-24(30)18-8-4-3-7-17(18)21(27-29)23-26-22(28-31-23)19-9-5-6-10-20(19)25/h3-13H,1-2H3. The molecule has 5 aromatic rings. The van der Waals surface area contributed by atoms with Crippen molar-refractivity contribution in [1.29, 1.82) is 0 Å². The number of aromatic nitrogens is 4. The van der Waals surface area contributed by atoms with Crippen molar-refractivity contribution >= 4 is 26.7 Å². The third-order valence-corrected chi connectivity index (χ3v) is 5.97. The van der Waals surface area contributed by atoms with E-state index in [4.69, 9.17) is 4.52 Å². The third kappa shape index (κ3) is 3.37. The van der Waals surface area contributed by atoms with Crippen LogP contribution in [0, 0.1) is 13.8 Å². The van der Waals surface area contributed by atoms with Crippen LogP contribution in [0.25, 0.3) is 39.4 Å². The number of nitrogens with zero attached hydrogens (tertiary/aromatic N) is 4. The molecule has 0 spiro atoms. The Labute approximate surface area is 186 Å². The van der Waals surface area contributed by atoms with Gasteiger partial charge >= 0.3 is 0 Å². The summed E-state index contributed by atoms with van der Waals surface area (Å²) in [5.74, 6) is 0.692. The highest BCUT2D eigenvalue weighted by molar-refractivity contribution is 9.10. The summed E-state index contributed by atoms with van der Waals surface area (Å²) in [6, 6.07) is 20.8. The molecule has 152 valence electrons. The Balaban J connectivity index is 1.74. The molecule has 0 N–H and O–H groups in total. The van der Waals surface area contributed by atoms with E-state index in [1.807, 2.05) is 74.5 Å². The quantitative estimate of drug-likeness (QED) is 0.347. The van der Waals surface area contributed by atoms with Gasteiger partial charge in [0.1, 0.15) is 0 Å². The van der Waals surface area contributed by atoms with Gasteiger partial charge < -0.3 is 4.52 Å². The number of benzene rings is 3. The Morgan fingerprint density at radius 1 is 0.903 bits per heavy atom. The molecule has 0 radical (unpaired) electrons. The van der Waals surface area contributed by atoms with Crippen LogP contribution < -0.4 is 5.56 Å². The molecule has 0 bridgehead atoms. The van der Waals surface area contributed by atoms with Crippen LogP contribution in [0.4, 0.5) is 0 Å². The first-order chi connectivity index (χ1) is 15.0. The predicted octanol–water partition coefficient (Wildman–Crippen LogP) is 5.48. The highest BCUT2D eigenvalue weighted by atomic mass is 79.9. The fraction of sp³-hybridized carbons (Fsp3) is 0.0833. The fourth-order valence-electron chi connectivity index (χ4n) is 3.45. The van der Waals surface area contributed by atoms with Crippen molar-refractivity contribution in [3.05, 3.63) is 92.7 Å². The zero-order chi connectivity index (χ0) is 21.5. The average molecular weight is 473 g/mol. The first-order valence-corrected chi connectivity index (χ1v) is 10.5. The Bertz CT molecular complexity index is 1500. The van der Waals surface area contributed by atoms with E-state index < -0.39 is 0 Å². The Morgan fingerprint density at radius 3 is 2.42 bits per heavy atom. The lowest BCUT2D eigenvalue weighted by Gasteiger charge is -2.10. The summed E-state index contributed by atoms with van der Waals surface area (Å²) in [4.78, 5) is 17.8. The maximum atomic E-state index is 13.2. The minimum absolute atomic E-state index is 0.201. The van der Waals surface area contributed by atoms with Gasteiger partial charge in [-0.2, -0.15) is 14.8 Å². The van der Waals surface area contributed by atoms with Gasteiger partial charge in [-0.15, -0.1) is 0 Å². The number of rotatable bonds is 3. The first kappa shape index (κ1) is 19.4. The van der Waals surface area contributed by atoms with E-state index in [1.165, 1.54) is 4.68 Å². The fourth-order valence-corrected chi connectivity index (χ4v) is 3.91. The number of hydrogen-bond donors (Lipinski definition) is 0. The van der Waals surface area contributed by atoms with Gasteiger partial charge in [-0.25, -0.2) is 0 Å². The van der Waals surface area contributed by atoms with Gasteiger partial charge in [0.2, 0.25) is 5.82 Å². The van der Waals surface area contributed by atoms with Crippen molar-refractivity contribution in [3.63, 3.8) is 0 Å². The monoisotopic (exact) mass is 472 g/mol. The van der Waals surface area contributed by atoms with Gasteiger partial charge in [-0.3, -0.25) is 4.79 Å². The molecular weight excluding hydrogens is 456 g/mol.